The molecule has 5 nitrogen and oxygen atoms in total. The van der Waals surface area contributed by atoms with Crippen LogP contribution in [0.3, 0.4) is 0 Å². The van der Waals surface area contributed by atoms with E-state index < -0.39 is 5.97 Å². The van der Waals surface area contributed by atoms with Gasteiger partial charge in [0.25, 0.3) is 0 Å². The van der Waals surface area contributed by atoms with Gasteiger partial charge in [0.1, 0.15) is 0 Å². The van der Waals surface area contributed by atoms with Gasteiger partial charge in [-0.1, -0.05) is 30.3 Å². The van der Waals surface area contributed by atoms with Crippen LogP contribution < -0.4 is 5.32 Å². The first-order valence-corrected chi connectivity index (χ1v) is 7.76. The van der Waals surface area contributed by atoms with Crippen LogP contribution in [0.4, 0.5) is 0 Å². The van der Waals surface area contributed by atoms with Crippen molar-refractivity contribution in [2.75, 3.05) is 6.61 Å². The van der Waals surface area contributed by atoms with E-state index in [9.17, 15) is 9.59 Å². The lowest BCUT2D eigenvalue weighted by atomic mass is 9.88. The molecule has 1 saturated heterocycles. The Labute approximate surface area is 130 Å². The predicted molar refractivity (Wildman–Crippen MR) is 82.3 cm³/mol. The average molecular weight is 305 g/mol. The van der Waals surface area contributed by atoms with Gasteiger partial charge in [0.2, 0.25) is 5.91 Å². The molecule has 2 N–H and O–H groups in total. The molecule has 5 heteroatoms. The Balaban J connectivity index is 1.98. The summed E-state index contributed by atoms with van der Waals surface area (Å²) < 4.78 is 5.82. The number of rotatable bonds is 6. The van der Waals surface area contributed by atoms with E-state index >= 15 is 0 Å². The van der Waals surface area contributed by atoms with E-state index in [4.69, 9.17) is 9.84 Å². The van der Waals surface area contributed by atoms with Gasteiger partial charge in [0.05, 0.1) is 12.0 Å². The van der Waals surface area contributed by atoms with Gasteiger partial charge in [0, 0.05) is 19.1 Å². The largest absolute Gasteiger partial charge is 0.481 e. The SMILES string of the molecule is CC(CCC(=O)O)NC(=O)C1CCCOC1c1ccccc1. The van der Waals surface area contributed by atoms with Crippen LogP contribution >= 0.6 is 0 Å². The summed E-state index contributed by atoms with van der Waals surface area (Å²) in [5.41, 5.74) is 1.01. The number of aliphatic carboxylic acids is 1. The highest BCUT2D eigenvalue weighted by atomic mass is 16.5. The topological polar surface area (TPSA) is 75.6 Å². The molecule has 3 unspecified atom stereocenters. The summed E-state index contributed by atoms with van der Waals surface area (Å²) in [5, 5.41) is 11.6. The number of carboxylic acid groups (broad SMARTS) is 1. The van der Waals surface area contributed by atoms with Crippen LogP contribution in [-0.2, 0) is 14.3 Å². The molecular weight excluding hydrogens is 282 g/mol. The molecule has 120 valence electrons. The molecule has 2 rings (SSSR count). The maximum Gasteiger partial charge on any atom is 0.303 e. The lowest BCUT2D eigenvalue weighted by Crippen LogP contribution is -2.41. The highest BCUT2D eigenvalue weighted by Gasteiger charge is 2.33. The molecule has 3 atom stereocenters. The van der Waals surface area contributed by atoms with E-state index in [1.807, 2.05) is 37.3 Å². The summed E-state index contributed by atoms with van der Waals surface area (Å²) in [6.45, 7) is 2.50. The molecule has 1 aliphatic heterocycles. The van der Waals surface area contributed by atoms with Gasteiger partial charge in [-0.2, -0.15) is 0 Å². The van der Waals surface area contributed by atoms with E-state index in [1.165, 1.54) is 0 Å². The molecule has 0 aliphatic carbocycles. The summed E-state index contributed by atoms with van der Waals surface area (Å²) in [6, 6.07) is 9.63. The predicted octanol–water partition coefficient (Wildman–Crippen LogP) is 2.52. The fourth-order valence-electron chi connectivity index (χ4n) is 2.78. The molecule has 0 aromatic heterocycles. The third-order valence-corrected chi connectivity index (χ3v) is 3.97. The van der Waals surface area contributed by atoms with Crippen LogP contribution in [0.15, 0.2) is 30.3 Å². The van der Waals surface area contributed by atoms with Crippen molar-refractivity contribution in [1.82, 2.24) is 5.32 Å². The Kier molecular flexibility index (Phi) is 5.95. The second-order valence-corrected chi connectivity index (χ2v) is 5.79. The first-order chi connectivity index (χ1) is 10.6. The van der Waals surface area contributed by atoms with Gasteiger partial charge >= 0.3 is 5.97 Å². The average Bonchev–Trinajstić information content (AvgIpc) is 2.53. The second kappa shape index (κ2) is 7.94. The minimum absolute atomic E-state index is 0.0496. The minimum Gasteiger partial charge on any atom is -0.481 e. The number of carboxylic acids is 1. The first-order valence-electron chi connectivity index (χ1n) is 7.76. The lowest BCUT2D eigenvalue weighted by molar-refractivity contribution is -0.138. The third kappa shape index (κ3) is 4.56. The first kappa shape index (κ1) is 16.5. The lowest BCUT2D eigenvalue weighted by Gasteiger charge is -2.32. The molecule has 22 heavy (non-hydrogen) atoms. The molecule has 1 aromatic carbocycles. The van der Waals surface area contributed by atoms with E-state index in [1.54, 1.807) is 0 Å². The van der Waals surface area contributed by atoms with E-state index in [2.05, 4.69) is 5.32 Å². The van der Waals surface area contributed by atoms with Crippen molar-refractivity contribution in [2.24, 2.45) is 5.92 Å². The molecule has 1 aromatic rings. The van der Waals surface area contributed by atoms with Gasteiger partial charge in [-0.3, -0.25) is 9.59 Å². The zero-order valence-corrected chi connectivity index (χ0v) is 12.8. The standard InChI is InChI=1S/C17H23NO4/c1-12(9-10-15(19)20)18-17(21)14-8-5-11-22-16(14)13-6-3-2-4-7-13/h2-4,6-7,12,14,16H,5,8-11H2,1H3,(H,18,21)(H,19,20). The Morgan fingerprint density at radius 1 is 1.36 bits per heavy atom. The van der Waals surface area contributed by atoms with Crippen LogP contribution in [0.2, 0.25) is 0 Å². The number of ether oxygens (including phenoxy) is 1. The van der Waals surface area contributed by atoms with E-state index in [-0.39, 0.29) is 30.4 Å². The van der Waals surface area contributed by atoms with Crippen LogP contribution in [0.25, 0.3) is 0 Å². The van der Waals surface area contributed by atoms with Crippen LogP contribution in [0, 0.1) is 5.92 Å². The molecule has 1 fully saturated rings. The van der Waals surface area contributed by atoms with Crippen molar-refractivity contribution in [1.29, 1.82) is 0 Å². The van der Waals surface area contributed by atoms with Gasteiger partial charge in [-0.05, 0) is 31.7 Å². The maximum absolute atomic E-state index is 12.5. The summed E-state index contributed by atoms with van der Waals surface area (Å²) >= 11 is 0. The Morgan fingerprint density at radius 2 is 2.09 bits per heavy atom. The molecular formula is C17H23NO4. The molecule has 1 amide bonds. The number of carbonyl (C=O) groups is 2. The molecule has 0 radical (unpaired) electrons. The van der Waals surface area contributed by atoms with Crippen molar-refractivity contribution < 1.29 is 19.4 Å². The van der Waals surface area contributed by atoms with Crippen molar-refractivity contribution in [3.63, 3.8) is 0 Å². The van der Waals surface area contributed by atoms with Crippen molar-refractivity contribution in [2.45, 2.75) is 44.8 Å². The minimum atomic E-state index is -0.843. The monoisotopic (exact) mass is 305 g/mol. The number of hydrogen-bond acceptors (Lipinski definition) is 3. The van der Waals surface area contributed by atoms with Crippen molar-refractivity contribution >= 4 is 11.9 Å². The molecule has 0 bridgehead atoms. The van der Waals surface area contributed by atoms with Crippen molar-refractivity contribution in [3.05, 3.63) is 35.9 Å². The third-order valence-electron chi connectivity index (χ3n) is 3.97. The van der Waals surface area contributed by atoms with Crippen LogP contribution in [0.5, 0.6) is 0 Å². The number of amides is 1. The van der Waals surface area contributed by atoms with Crippen LogP contribution in [-0.4, -0.2) is 29.6 Å². The zero-order valence-electron chi connectivity index (χ0n) is 12.8. The fraction of sp³-hybridized carbons (Fsp3) is 0.529. The Hall–Kier alpha value is -1.88. The number of carbonyl (C=O) groups excluding carboxylic acids is 1. The Bertz CT molecular complexity index is 503. The smallest absolute Gasteiger partial charge is 0.303 e. The fourth-order valence-corrected chi connectivity index (χ4v) is 2.78. The number of nitrogens with one attached hydrogen (secondary N) is 1. The normalized spacial score (nSPS) is 22.8. The summed E-state index contributed by atoms with van der Waals surface area (Å²) in [7, 11) is 0. The van der Waals surface area contributed by atoms with Gasteiger partial charge < -0.3 is 15.2 Å². The number of hydrogen-bond donors (Lipinski definition) is 2. The summed E-state index contributed by atoms with van der Waals surface area (Å²) in [6.07, 6.45) is 1.93. The van der Waals surface area contributed by atoms with Crippen LogP contribution in [0.1, 0.15) is 44.3 Å². The van der Waals surface area contributed by atoms with Crippen molar-refractivity contribution in [3.8, 4) is 0 Å². The van der Waals surface area contributed by atoms with Gasteiger partial charge in [-0.25, -0.2) is 0 Å². The molecule has 1 heterocycles. The van der Waals surface area contributed by atoms with Gasteiger partial charge in [0.15, 0.2) is 0 Å². The van der Waals surface area contributed by atoms with Gasteiger partial charge in [-0.15, -0.1) is 0 Å². The zero-order chi connectivity index (χ0) is 15.9. The summed E-state index contributed by atoms with van der Waals surface area (Å²) in [5.74, 6) is -1.11. The summed E-state index contributed by atoms with van der Waals surface area (Å²) in [4.78, 5) is 23.1. The molecule has 1 aliphatic rings. The quantitative estimate of drug-likeness (QED) is 0.847. The molecule has 0 spiro atoms. The maximum atomic E-state index is 12.5. The second-order valence-electron chi connectivity index (χ2n) is 5.79. The van der Waals surface area contributed by atoms with E-state index in [0.717, 1.165) is 18.4 Å². The highest BCUT2D eigenvalue weighted by molar-refractivity contribution is 5.80. The highest BCUT2D eigenvalue weighted by Crippen LogP contribution is 2.33. The Morgan fingerprint density at radius 3 is 2.77 bits per heavy atom. The number of benzene rings is 1. The molecule has 0 saturated carbocycles. The van der Waals surface area contributed by atoms with E-state index in [0.29, 0.717) is 13.0 Å².